The van der Waals surface area contributed by atoms with E-state index in [0.29, 0.717) is 6.42 Å². The second kappa shape index (κ2) is 7.43. The molecule has 1 aromatic heterocycles. The van der Waals surface area contributed by atoms with Gasteiger partial charge < -0.3 is 14.0 Å². The molecular formula is C17H24NO4P. The van der Waals surface area contributed by atoms with Crippen LogP contribution in [0.5, 0.6) is 0 Å². The van der Waals surface area contributed by atoms with Crippen molar-refractivity contribution in [3.63, 3.8) is 0 Å². The number of ketones is 1. The standard InChI is InChI=1S/C17H24NO4P/c1-12(2)15(9-13(19)11-23(20,21-3)22-4)16-10-18-17-8-6-5-7-14(16)17/h5-8,10,12,15,18H,9,11H2,1-4H3. The van der Waals surface area contributed by atoms with E-state index in [1.165, 1.54) is 14.2 Å². The molecule has 6 heteroatoms. The Kier molecular flexibility index (Phi) is 5.79. The lowest BCUT2D eigenvalue weighted by molar-refractivity contribution is -0.117. The largest absolute Gasteiger partial charge is 0.361 e. The predicted molar refractivity (Wildman–Crippen MR) is 92.0 cm³/mol. The zero-order valence-corrected chi connectivity index (χ0v) is 14.9. The number of hydrogen-bond donors (Lipinski definition) is 1. The van der Waals surface area contributed by atoms with Gasteiger partial charge in [-0.1, -0.05) is 32.0 Å². The van der Waals surface area contributed by atoms with Crippen LogP contribution >= 0.6 is 7.60 Å². The summed E-state index contributed by atoms with van der Waals surface area (Å²) in [5, 5.41) is 1.13. The highest BCUT2D eigenvalue weighted by atomic mass is 31.2. The van der Waals surface area contributed by atoms with Crippen molar-refractivity contribution in [3.05, 3.63) is 36.0 Å². The van der Waals surface area contributed by atoms with Gasteiger partial charge in [0.1, 0.15) is 11.9 Å². The lowest BCUT2D eigenvalue weighted by Gasteiger charge is -2.21. The maximum atomic E-state index is 12.4. The molecule has 0 bridgehead atoms. The van der Waals surface area contributed by atoms with Gasteiger partial charge in [-0.2, -0.15) is 0 Å². The molecule has 0 aliphatic carbocycles. The van der Waals surface area contributed by atoms with Crippen molar-refractivity contribution in [2.75, 3.05) is 20.4 Å². The van der Waals surface area contributed by atoms with Crippen molar-refractivity contribution in [2.24, 2.45) is 5.92 Å². The van der Waals surface area contributed by atoms with E-state index in [1.807, 2.05) is 24.4 Å². The Morgan fingerprint density at radius 3 is 2.48 bits per heavy atom. The van der Waals surface area contributed by atoms with Crippen molar-refractivity contribution in [1.29, 1.82) is 0 Å². The van der Waals surface area contributed by atoms with E-state index in [0.717, 1.165) is 16.5 Å². The topological polar surface area (TPSA) is 68.4 Å². The predicted octanol–water partition coefficient (Wildman–Crippen LogP) is 4.35. The monoisotopic (exact) mass is 337 g/mol. The van der Waals surface area contributed by atoms with Crippen LogP contribution in [-0.2, 0) is 18.4 Å². The van der Waals surface area contributed by atoms with Crippen LogP contribution in [0, 0.1) is 5.92 Å². The molecule has 0 fully saturated rings. The first-order chi connectivity index (χ1) is 10.9. The number of carbonyl (C=O) groups excluding carboxylic acids is 1. The third-order valence-corrected chi connectivity index (χ3v) is 6.05. The molecule has 0 aliphatic heterocycles. The lowest BCUT2D eigenvalue weighted by Crippen LogP contribution is -2.16. The Labute approximate surface area is 136 Å². The SMILES string of the molecule is COP(=O)(CC(=O)CC(c1c[nH]c2ccccc12)C(C)C)OC. The van der Waals surface area contributed by atoms with Gasteiger partial charge in [-0.3, -0.25) is 9.36 Å². The number of aromatic nitrogens is 1. The van der Waals surface area contributed by atoms with E-state index in [1.54, 1.807) is 0 Å². The number of fused-ring (bicyclic) bond motifs is 1. The number of benzene rings is 1. The van der Waals surface area contributed by atoms with Crippen molar-refractivity contribution in [2.45, 2.75) is 26.2 Å². The first-order valence-corrected chi connectivity index (χ1v) is 9.41. The molecule has 1 heterocycles. The quantitative estimate of drug-likeness (QED) is 0.727. The fourth-order valence-corrected chi connectivity index (χ4v) is 3.80. The third kappa shape index (κ3) is 4.11. The first-order valence-electron chi connectivity index (χ1n) is 7.68. The number of rotatable bonds is 8. The van der Waals surface area contributed by atoms with E-state index in [2.05, 4.69) is 24.9 Å². The fraction of sp³-hybridized carbons (Fsp3) is 0.471. The number of para-hydroxylation sites is 1. The Morgan fingerprint density at radius 2 is 1.87 bits per heavy atom. The van der Waals surface area contributed by atoms with Crippen LogP contribution in [0.15, 0.2) is 30.5 Å². The molecule has 1 unspecified atom stereocenters. The third-order valence-electron chi connectivity index (χ3n) is 4.20. The Morgan fingerprint density at radius 1 is 1.22 bits per heavy atom. The summed E-state index contributed by atoms with van der Waals surface area (Å²) in [5.74, 6) is 0.226. The van der Waals surface area contributed by atoms with Crippen molar-refractivity contribution in [3.8, 4) is 0 Å². The van der Waals surface area contributed by atoms with E-state index >= 15 is 0 Å². The summed E-state index contributed by atoms with van der Waals surface area (Å²) in [6.07, 6.45) is 2.09. The summed E-state index contributed by atoms with van der Waals surface area (Å²) in [6.45, 7) is 4.18. The minimum absolute atomic E-state index is 0.0563. The van der Waals surface area contributed by atoms with E-state index in [4.69, 9.17) is 9.05 Å². The van der Waals surface area contributed by atoms with Gasteiger partial charge in [-0.05, 0) is 23.5 Å². The fourth-order valence-electron chi connectivity index (χ4n) is 2.83. The Balaban J connectivity index is 2.23. The van der Waals surface area contributed by atoms with E-state index < -0.39 is 7.60 Å². The van der Waals surface area contributed by atoms with Crippen LogP contribution in [0.4, 0.5) is 0 Å². The molecule has 1 aromatic carbocycles. The summed E-state index contributed by atoms with van der Waals surface area (Å²) < 4.78 is 21.9. The van der Waals surface area contributed by atoms with E-state index in [9.17, 15) is 9.36 Å². The molecular weight excluding hydrogens is 313 g/mol. The number of hydrogen-bond acceptors (Lipinski definition) is 4. The minimum atomic E-state index is -3.31. The molecule has 0 aliphatic rings. The number of Topliss-reactive ketones (excluding diaryl/α,β-unsaturated/α-hetero) is 1. The second-order valence-electron chi connectivity index (χ2n) is 6.02. The van der Waals surface area contributed by atoms with Crippen molar-refractivity contribution >= 4 is 24.3 Å². The van der Waals surface area contributed by atoms with Gasteiger partial charge in [0, 0.05) is 37.7 Å². The highest BCUT2D eigenvalue weighted by Gasteiger charge is 2.29. The highest BCUT2D eigenvalue weighted by molar-refractivity contribution is 7.54. The molecule has 2 aromatic rings. The van der Waals surface area contributed by atoms with Crippen LogP contribution in [0.3, 0.4) is 0 Å². The summed E-state index contributed by atoms with van der Waals surface area (Å²) in [7, 11) is -0.701. The average molecular weight is 337 g/mol. The van der Waals surface area contributed by atoms with Gasteiger partial charge in [0.05, 0.1) is 0 Å². The Hall–Kier alpha value is -1.42. The molecule has 126 valence electrons. The Bertz CT molecular complexity index is 714. The molecule has 23 heavy (non-hydrogen) atoms. The normalized spacial score (nSPS) is 13.6. The van der Waals surface area contributed by atoms with Crippen LogP contribution in [0.25, 0.3) is 10.9 Å². The maximum Gasteiger partial charge on any atom is 0.337 e. The van der Waals surface area contributed by atoms with Gasteiger partial charge in [0.15, 0.2) is 0 Å². The number of aromatic amines is 1. The molecule has 0 saturated heterocycles. The molecule has 2 rings (SSSR count). The summed E-state index contributed by atoms with van der Waals surface area (Å²) in [4.78, 5) is 15.6. The molecule has 0 saturated carbocycles. The lowest BCUT2D eigenvalue weighted by atomic mass is 9.84. The van der Waals surface area contributed by atoms with Crippen LogP contribution in [-0.4, -0.2) is 31.1 Å². The van der Waals surface area contributed by atoms with Gasteiger partial charge in [-0.15, -0.1) is 0 Å². The summed E-state index contributed by atoms with van der Waals surface area (Å²) >= 11 is 0. The molecule has 0 spiro atoms. The molecule has 1 N–H and O–H groups in total. The average Bonchev–Trinajstić information content (AvgIpc) is 2.96. The summed E-state index contributed by atoms with van der Waals surface area (Å²) in [6, 6.07) is 8.03. The number of H-pyrrole nitrogens is 1. The first kappa shape index (κ1) is 17.9. The summed E-state index contributed by atoms with van der Waals surface area (Å²) in [5.41, 5.74) is 2.17. The van der Waals surface area contributed by atoms with Crippen molar-refractivity contribution < 1.29 is 18.4 Å². The molecule has 0 amide bonds. The molecule has 1 atom stereocenters. The van der Waals surface area contributed by atoms with Gasteiger partial charge >= 0.3 is 7.60 Å². The zero-order valence-electron chi connectivity index (χ0n) is 14.0. The number of nitrogens with one attached hydrogen (secondary N) is 1. The smallest absolute Gasteiger partial charge is 0.337 e. The maximum absolute atomic E-state index is 12.4. The minimum Gasteiger partial charge on any atom is -0.361 e. The van der Waals surface area contributed by atoms with Gasteiger partial charge in [-0.25, -0.2) is 0 Å². The van der Waals surface area contributed by atoms with E-state index in [-0.39, 0.29) is 23.8 Å². The van der Waals surface area contributed by atoms with Gasteiger partial charge in [0.25, 0.3) is 0 Å². The van der Waals surface area contributed by atoms with Crippen LogP contribution < -0.4 is 0 Å². The van der Waals surface area contributed by atoms with Crippen LogP contribution in [0.1, 0.15) is 31.7 Å². The van der Waals surface area contributed by atoms with Crippen LogP contribution in [0.2, 0.25) is 0 Å². The molecule has 5 nitrogen and oxygen atoms in total. The highest BCUT2D eigenvalue weighted by Crippen LogP contribution is 2.47. The van der Waals surface area contributed by atoms with Crippen molar-refractivity contribution in [1.82, 2.24) is 4.98 Å². The molecule has 0 radical (unpaired) electrons. The zero-order chi connectivity index (χ0) is 17.0. The second-order valence-corrected chi connectivity index (χ2v) is 8.29. The van der Waals surface area contributed by atoms with Gasteiger partial charge in [0.2, 0.25) is 0 Å². The number of carbonyl (C=O) groups is 1.